The van der Waals surface area contributed by atoms with Crippen molar-refractivity contribution in [2.24, 2.45) is 0 Å². The van der Waals surface area contributed by atoms with E-state index in [1.807, 2.05) is 18.9 Å². The monoisotopic (exact) mass is 191 g/mol. The van der Waals surface area contributed by atoms with E-state index in [0.717, 1.165) is 12.1 Å². The molecule has 0 aliphatic heterocycles. The van der Waals surface area contributed by atoms with Crippen LogP contribution in [0.3, 0.4) is 0 Å². The van der Waals surface area contributed by atoms with Crippen molar-refractivity contribution in [2.75, 3.05) is 13.3 Å². The summed E-state index contributed by atoms with van der Waals surface area (Å²) in [6, 6.07) is 0.359. The van der Waals surface area contributed by atoms with Crippen LogP contribution in [0.4, 0.5) is 4.39 Å². The van der Waals surface area contributed by atoms with Crippen molar-refractivity contribution in [3.63, 3.8) is 0 Å². The van der Waals surface area contributed by atoms with Crippen LogP contribution in [0, 0.1) is 0 Å². The zero-order valence-corrected chi connectivity index (χ0v) is 9.33. The quantitative estimate of drug-likeness (QED) is 0.671. The molecule has 0 amide bonds. The van der Waals surface area contributed by atoms with E-state index < -0.39 is 0 Å². The third-order valence-electron chi connectivity index (χ3n) is 1.94. The van der Waals surface area contributed by atoms with Crippen LogP contribution in [-0.2, 0) is 0 Å². The number of allylic oxidation sites excluding steroid dienone is 1. The Labute approximate surface area is 79.0 Å². The summed E-state index contributed by atoms with van der Waals surface area (Å²) in [5.74, 6) is 0. The van der Waals surface area contributed by atoms with Crippen LogP contribution >= 0.6 is 11.8 Å². The lowest BCUT2D eigenvalue weighted by Gasteiger charge is -2.26. The van der Waals surface area contributed by atoms with Crippen LogP contribution < -0.4 is 0 Å². The van der Waals surface area contributed by atoms with E-state index in [-0.39, 0.29) is 5.16 Å². The molecule has 0 unspecified atom stereocenters. The van der Waals surface area contributed by atoms with Crippen LogP contribution in [0.15, 0.2) is 10.9 Å². The minimum atomic E-state index is -0.0614. The third kappa shape index (κ3) is 3.05. The van der Waals surface area contributed by atoms with Gasteiger partial charge in [0.05, 0.1) is 5.70 Å². The Morgan fingerprint density at radius 1 is 1.50 bits per heavy atom. The maximum atomic E-state index is 13.2. The van der Waals surface area contributed by atoms with Gasteiger partial charge in [0.2, 0.25) is 0 Å². The lowest BCUT2D eigenvalue weighted by atomic mass is 10.2. The summed E-state index contributed by atoms with van der Waals surface area (Å²) in [6.45, 7) is 6.09. The van der Waals surface area contributed by atoms with Crippen molar-refractivity contribution in [1.29, 1.82) is 0 Å². The molecule has 0 bridgehead atoms. The summed E-state index contributed by atoms with van der Waals surface area (Å²) in [6.07, 6.45) is 2.51. The summed E-state index contributed by atoms with van der Waals surface area (Å²) in [5, 5.41) is -0.0614. The SMILES string of the molecule is CC/C(=C(\F)SC)N(C)C(C)C. The van der Waals surface area contributed by atoms with E-state index >= 15 is 0 Å². The minimum Gasteiger partial charge on any atom is -0.373 e. The molecule has 0 spiro atoms. The Bertz CT molecular complexity index is 166. The van der Waals surface area contributed by atoms with Gasteiger partial charge in [0, 0.05) is 13.1 Å². The van der Waals surface area contributed by atoms with E-state index in [2.05, 4.69) is 13.8 Å². The van der Waals surface area contributed by atoms with Crippen molar-refractivity contribution in [3.8, 4) is 0 Å². The van der Waals surface area contributed by atoms with Gasteiger partial charge in [0.1, 0.15) is 0 Å². The minimum absolute atomic E-state index is 0.0614. The molecule has 0 saturated carbocycles. The lowest BCUT2D eigenvalue weighted by Crippen LogP contribution is -2.25. The highest BCUT2D eigenvalue weighted by Crippen LogP contribution is 2.23. The fourth-order valence-corrected chi connectivity index (χ4v) is 1.48. The highest BCUT2D eigenvalue weighted by atomic mass is 32.2. The molecule has 0 rings (SSSR count). The van der Waals surface area contributed by atoms with Gasteiger partial charge in [-0.3, -0.25) is 0 Å². The first-order chi connectivity index (χ1) is 5.54. The zero-order valence-electron chi connectivity index (χ0n) is 8.52. The second-order valence-corrected chi connectivity index (χ2v) is 3.75. The molecule has 72 valence electrons. The number of halogens is 1. The van der Waals surface area contributed by atoms with E-state index in [1.165, 1.54) is 11.8 Å². The first kappa shape index (κ1) is 11.8. The maximum Gasteiger partial charge on any atom is 0.175 e. The Morgan fingerprint density at radius 3 is 2.25 bits per heavy atom. The Morgan fingerprint density at radius 2 is 2.00 bits per heavy atom. The van der Waals surface area contributed by atoms with Crippen LogP contribution in [-0.4, -0.2) is 24.2 Å². The first-order valence-corrected chi connectivity index (χ1v) is 5.42. The van der Waals surface area contributed by atoms with Gasteiger partial charge in [0.15, 0.2) is 5.16 Å². The topological polar surface area (TPSA) is 3.24 Å². The van der Waals surface area contributed by atoms with E-state index in [4.69, 9.17) is 0 Å². The molecule has 3 heteroatoms. The average Bonchev–Trinajstić information content (AvgIpc) is 2.05. The summed E-state index contributed by atoms with van der Waals surface area (Å²) >= 11 is 1.17. The third-order valence-corrected chi connectivity index (χ3v) is 2.54. The van der Waals surface area contributed by atoms with Gasteiger partial charge in [0.25, 0.3) is 0 Å². The van der Waals surface area contributed by atoms with Crippen molar-refractivity contribution in [2.45, 2.75) is 33.2 Å². The second-order valence-electron chi connectivity index (χ2n) is 2.98. The number of rotatable bonds is 4. The fourth-order valence-electron chi connectivity index (χ4n) is 0.957. The highest BCUT2D eigenvalue weighted by Gasteiger charge is 2.11. The molecule has 0 heterocycles. The van der Waals surface area contributed by atoms with Crippen LogP contribution in [0.25, 0.3) is 0 Å². The molecule has 0 aromatic rings. The molecule has 0 radical (unpaired) electrons. The molecule has 0 aliphatic carbocycles. The van der Waals surface area contributed by atoms with Gasteiger partial charge < -0.3 is 4.90 Å². The standard InChI is InChI=1S/C9H18FNS/c1-6-8(9(10)12-5)11(4)7(2)3/h7H,6H2,1-5H3/b9-8-. The van der Waals surface area contributed by atoms with Crippen LogP contribution in [0.1, 0.15) is 27.2 Å². The maximum absolute atomic E-state index is 13.2. The number of thioether (sulfide) groups is 1. The van der Waals surface area contributed by atoms with Crippen LogP contribution in [0.5, 0.6) is 0 Å². The molecule has 0 aromatic carbocycles. The molecule has 0 aromatic heterocycles. The lowest BCUT2D eigenvalue weighted by molar-refractivity contribution is 0.326. The Balaban J connectivity index is 4.54. The number of hydrogen-bond donors (Lipinski definition) is 0. The number of hydrogen-bond acceptors (Lipinski definition) is 2. The summed E-state index contributed by atoms with van der Waals surface area (Å²) in [5.41, 5.74) is 0.803. The van der Waals surface area contributed by atoms with Gasteiger partial charge in [-0.15, -0.1) is 0 Å². The molecule has 0 N–H and O–H groups in total. The van der Waals surface area contributed by atoms with Crippen molar-refractivity contribution in [3.05, 3.63) is 10.9 Å². The summed E-state index contributed by atoms with van der Waals surface area (Å²) < 4.78 is 13.2. The van der Waals surface area contributed by atoms with Gasteiger partial charge in [-0.2, -0.15) is 4.39 Å². The molecule has 0 fully saturated rings. The first-order valence-electron chi connectivity index (χ1n) is 4.20. The Kier molecular flexibility index (Phi) is 5.38. The van der Waals surface area contributed by atoms with E-state index in [9.17, 15) is 4.39 Å². The van der Waals surface area contributed by atoms with Crippen molar-refractivity contribution >= 4 is 11.8 Å². The van der Waals surface area contributed by atoms with Gasteiger partial charge >= 0.3 is 0 Å². The predicted molar refractivity (Wildman–Crippen MR) is 54.8 cm³/mol. The highest BCUT2D eigenvalue weighted by molar-refractivity contribution is 8.02. The molecule has 12 heavy (non-hydrogen) atoms. The normalized spacial score (nSPS) is 13.2. The smallest absolute Gasteiger partial charge is 0.175 e. The molecule has 0 atom stereocenters. The molecule has 0 aliphatic rings. The second kappa shape index (κ2) is 5.46. The average molecular weight is 191 g/mol. The molecule has 1 nitrogen and oxygen atoms in total. The Hall–Kier alpha value is -0.180. The summed E-state index contributed by atoms with van der Waals surface area (Å²) in [7, 11) is 1.93. The van der Waals surface area contributed by atoms with E-state index in [1.54, 1.807) is 6.26 Å². The van der Waals surface area contributed by atoms with Gasteiger partial charge in [-0.25, -0.2) is 0 Å². The van der Waals surface area contributed by atoms with Gasteiger partial charge in [-0.05, 0) is 26.5 Å². The molecular weight excluding hydrogens is 173 g/mol. The van der Waals surface area contributed by atoms with Crippen molar-refractivity contribution < 1.29 is 4.39 Å². The van der Waals surface area contributed by atoms with Crippen LogP contribution in [0.2, 0.25) is 0 Å². The zero-order chi connectivity index (χ0) is 9.72. The largest absolute Gasteiger partial charge is 0.373 e. The predicted octanol–water partition coefficient (Wildman–Crippen LogP) is 3.24. The van der Waals surface area contributed by atoms with Gasteiger partial charge in [-0.1, -0.05) is 18.7 Å². The van der Waals surface area contributed by atoms with Crippen molar-refractivity contribution in [1.82, 2.24) is 4.90 Å². The summed E-state index contributed by atoms with van der Waals surface area (Å²) in [4.78, 5) is 1.98. The molecule has 0 saturated heterocycles. The fraction of sp³-hybridized carbons (Fsp3) is 0.778. The number of nitrogens with zero attached hydrogens (tertiary/aromatic N) is 1. The molecular formula is C9H18FNS. The van der Waals surface area contributed by atoms with E-state index in [0.29, 0.717) is 6.04 Å².